The Bertz CT molecular complexity index is 459. The van der Waals surface area contributed by atoms with Crippen molar-refractivity contribution >= 4 is 5.69 Å². The second-order valence-corrected chi connectivity index (χ2v) is 3.24. The number of nitro benzene ring substituents is 1. The topological polar surface area (TPSA) is 72.6 Å². The number of hydrogen-bond acceptors (Lipinski definition) is 4. The smallest absolute Gasteiger partial charge is 0.311 e. The van der Waals surface area contributed by atoms with E-state index in [1.54, 1.807) is 13.0 Å². The van der Waals surface area contributed by atoms with Gasteiger partial charge in [-0.3, -0.25) is 10.1 Å². The summed E-state index contributed by atoms with van der Waals surface area (Å²) in [5.41, 5.74) is 0.346. The first-order valence-corrected chi connectivity index (χ1v) is 5.09. The van der Waals surface area contributed by atoms with Crippen LogP contribution in [0.5, 0.6) is 5.75 Å². The van der Waals surface area contributed by atoms with Crippen LogP contribution in [0.3, 0.4) is 0 Å². The number of aliphatic hydroxyl groups is 1. The first-order valence-electron chi connectivity index (χ1n) is 5.09. The summed E-state index contributed by atoms with van der Waals surface area (Å²) in [6, 6.07) is 4.39. The van der Waals surface area contributed by atoms with Crippen LogP contribution in [0.2, 0.25) is 0 Å². The van der Waals surface area contributed by atoms with Crippen LogP contribution in [-0.4, -0.2) is 16.6 Å². The summed E-state index contributed by atoms with van der Waals surface area (Å²) in [5.74, 6) is 5.72. The van der Waals surface area contributed by atoms with Crippen molar-refractivity contribution in [3.05, 3.63) is 33.9 Å². The minimum absolute atomic E-state index is 0.138. The molecule has 1 aromatic carbocycles. The maximum atomic E-state index is 10.8. The minimum atomic E-state index is -0.528. The van der Waals surface area contributed by atoms with E-state index in [4.69, 9.17) is 9.84 Å². The number of ether oxygens (including phenoxy) is 1. The fraction of sp³-hybridized carbons (Fsp3) is 0.333. The van der Waals surface area contributed by atoms with Crippen molar-refractivity contribution in [2.75, 3.05) is 6.61 Å². The Balaban J connectivity index is 2.82. The molecule has 90 valence electrons. The molecule has 0 bridgehead atoms. The Labute approximate surface area is 99.2 Å². The predicted molar refractivity (Wildman–Crippen MR) is 62.6 cm³/mol. The third-order valence-electron chi connectivity index (χ3n) is 2.06. The zero-order valence-corrected chi connectivity index (χ0v) is 9.47. The molecule has 17 heavy (non-hydrogen) atoms. The molecular weight excluding hydrogens is 222 g/mol. The fourth-order valence-corrected chi connectivity index (χ4v) is 1.26. The van der Waals surface area contributed by atoms with E-state index in [0.29, 0.717) is 18.6 Å². The van der Waals surface area contributed by atoms with E-state index in [2.05, 4.69) is 11.8 Å². The van der Waals surface area contributed by atoms with Gasteiger partial charge in [-0.25, -0.2) is 0 Å². The average molecular weight is 235 g/mol. The zero-order chi connectivity index (χ0) is 12.7. The van der Waals surface area contributed by atoms with Gasteiger partial charge in [0, 0.05) is 12.5 Å². The van der Waals surface area contributed by atoms with Crippen molar-refractivity contribution in [3.63, 3.8) is 0 Å². The summed E-state index contributed by atoms with van der Waals surface area (Å²) in [6.45, 7) is 1.79. The summed E-state index contributed by atoms with van der Waals surface area (Å²) >= 11 is 0. The Morgan fingerprint density at radius 3 is 2.88 bits per heavy atom. The van der Waals surface area contributed by atoms with Gasteiger partial charge in [-0.2, -0.15) is 0 Å². The van der Waals surface area contributed by atoms with E-state index in [1.807, 2.05) is 0 Å². The third-order valence-corrected chi connectivity index (χ3v) is 2.06. The van der Waals surface area contributed by atoms with E-state index in [9.17, 15) is 10.1 Å². The summed E-state index contributed by atoms with van der Waals surface area (Å²) in [4.78, 5) is 10.3. The largest absolute Gasteiger partial charge is 0.486 e. The minimum Gasteiger partial charge on any atom is -0.486 e. The lowest BCUT2D eigenvalue weighted by Gasteiger charge is -2.05. The maximum absolute atomic E-state index is 10.8. The highest BCUT2D eigenvalue weighted by molar-refractivity contribution is 5.48. The number of aliphatic hydroxyl groups excluding tert-OH is 1. The van der Waals surface area contributed by atoms with Gasteiger partial charge in [0.15, 0.2) is 5.75 Å². The number of rotatable bonds is 5. The van der Waals surface area contributed by atoms with Crippen LogP contribution in [0.1, 0.15) is 18.9 Å². The van der Waals surface area contributed by atoms with Crippen LogP contribution >= 0.6 is 0 Å². The zero-order valence-electron chi connectivity index (χ0n) is 9.47. The molecule has 0 heterocycles. The van der Waals surface area contributed by atoms with Crippen LogP contribution in [0.15, 0.2) is 18.2 Å². The van der Waals surface area contributed by atoms with Crippen molar-refractivity contribution in [1.82, 2.24) is 0 Å². The fourth-order valence-electron chi connectivity index (χ4n) is 1.26. The molecule has 5 heteroatoms. The first-order chi connectivity index (χ1) is 8.19. The van der Waals surface area contributed by atoms with E-state index in [-0.39, 0.29) is 18.0 Å². The van der Waals surface area contributed by atoms with Crippen LogP contribution in [-0.2, 0) is 6.61 Å². The molecule has 1 rings (SSSR count). The molecule has 0 spiro atoms. The standard InChI is InChI=1S/C12H13NO4/c1-2-3-4-7-17-12-6-5-10(9-14)8-11(12)13(15)16/h5-6,8,14H,4,7,9H2,1H3. The van der Waals surface area contributed by atoms with Crippen molar-refractivity contribution in [3.8, 4) is 17.6 Å². The molecule has 1 N–H and O–H groups in total. The molecule has 0 saturated carbocycles. The lowest BCUT2D eigenvalue weighted by atomic mass is 10.2. The van der Waals surface area contributed by atoms with Gasteiger partial charge in [0.2, 0.25) is 0 Å². The number of benzene rings is 1. The van der Waals surface area contributed by atoms with E-state index >= 15 is 0 Å². The SMILES string of the molecule is CC#CCCOc1ccc(CO)cc1[N+](=O)[O-]. The van der Waals surface area contributed by atoms with Crippen LogP contribution in [0.4, 0.5) is 5.69 Å². The molecular formula is C12H13NO4. The molecule has 0 fully saturated rings. The Hall–Kier alpha value is -2.06. The molecule has 0 aliphatic rings. The molecule has 1 aromatic rings. The second kappa shape index (κ2) is 6.51. The Kier molecular flexibility index (Phi) is 4.98. The quantitative estimate of drug-likeness (QED) is 0.366. The second-order valence-electron chi connectivity index (χ2n) is 3.24. The van der Waals surface area contributed by atoms with Crippen molar-refractivity contribution in [1.29, 1.82) is 0 Å². The van der Waals surface area contributed by atoms with Gasteiger partial charge < -0.3 is 9.84 Å². The summed E-state index contributed by atoms with van der Waals surface area (Å²) in [7, 11) is 0. The van der Waals surface area contributed by atoms with Crippen LogP contribution < -0.4 is 4.74 Å². The highest BCUT2D eigenvalue weighted by Gasteiger charge is 2.15. The van der Waals surface area contributed by atoms with Gasteiger partial charge in [0.25, 0.3) is 0 Å². The van der Waals surface area contributed by atoms with E-state index in [0.717, 1.165) is 0 Å². The highest BCUT2D eigenvalue weighted by atomic mass is 16.6. The first kappa shape index (κ1) is 13.0. The van der Waals surface area contributed by atoms with Gasteiger partial charge in [-0.15, -0.1) is 11.8 Å². The van der Waals surface area contributed by atoms with Gasteiger partial charge in [0.05, 0.1) is 18.1 Å². The molecule has 0 saturated heterocycles. The molecule has 0 unspecified atom stereocenters. The molecule has 0 aliphatic heterocycles. The third kappa shape index (κ3) is 3.78. The number of nitrogens with zero attached hydrogens (tertiary/aromatic N) is 1. The normalized spacial score (nSPS) is 9.29. The highest BCUT2D eigenvalue weighted by Crippen LogP contribution is 2.28. The van der Waals surface area contributed by atoms with Gasteiger partial charge in [-0.05, 0) is 18.6 Å². The Morgan fingerprint density at radius 1 is 1.53 bits per heavy atom. The van der Waals surface area contributed by atoms with Crippen molar-refractivity contribution in [2.45, 2.75) is 20.0 Å². The molecule has 0 amide bonds. The van der Waals surface area contributed by atoms with Crippen LogP contribution in [0, 0.1) is 22.0 Å². The maximum Gasteiger partial charge on any atom is 0.311 e. The summed E-state index contributed by atoms with van der Waals surface area (Å²) < 4.78 is 5.27. The molecule has 5 nitrogen and oxygen atoms in total. The van der Waals surface area contributed by atoms with Gasteiger partial charge >= 0.3 is 5.69 Å². The van der Waals surface area contributed by atoms with Crippen molar-refractivity contribution < 1.29 is 14.8 Å². The van der Waals surface area contributed by atoms with Gasteiger partial charge in [-0.1, -0.05) is 6.07 Å². The Morgan fingerprint density at radius 2 is 2.29 bits per heavy atom. The summed E-state index contributed by atoms with van der Waals surface area (Å²) in [6.07, 6.45) is 0.523. The molecule has 0 radical (unpaired) electrons. The molecule has 0 aliphatic carbocycles. The lowest BCUT2D eigenvalue weighted by molar-refractivity contribution is -0.385. The monoisotopic (exact) mass is 235 g/mol. The van der Waals surface area contributed by atoms with Gasteiger partial charge in [0.1, 0.15) is 0 Å². The number of hydrogen-bond donors (Lipinski definition) is 1. The average Bonchev–Trinajstić information content (AvgIpc) is 2.34. The van der Waals surface area contributed by atoms with E-state index < -0.39 is 4.92 Å². The molecule has 0 aromatic heterocycles. The van der Waals surface area contributed by atoms with Crippen LogP contribution in [0.25, 0.3) is 0 Å². The predicted octanol–water partition coefficient (Wildman–Crippen LogP) is 1.88. The lowest BCUT2D eigenvalue weighted by Crippen LogP contribution is -2.00. The number of nitro groups is 1. The summed E-state index contributed by atoms with van der Waals surface area (Å²) in [5, 5.41) is 19.7. The molecule has 0 atom stereocenters. The van der Waals surface area contributed by atoms with E-state index in [1.165, 1.54) is 12.1 Å². The van der Waals surface area contributed by atoms with Crippen molar-refractivity contribution in [2.24, 2.45) is 0 Å².